The second kappa shape index (κ2) is 12.2. The SMILES string of the molecule is CC(C)CCNC(N)=NCCCN1CCN(c2ncccn2)CC1.I. The number of aliphatic imine (C=N–C) groups is 1. The third-order valence-corrected chi connectivity index (χ3v) is 4.15. The van der Waals surface area contributed by atoms with Gasteiger partial charge in [0.25, 0.3) is 0 Å². The molecule has 7 nitrogen and oxygen atoms in total. The second-order valence-corrected chi connectivity index (χ2v) is 6.61. The minimum absolute atomic E-state index is 0. The monoisotopic (exact) mass is 461 g/mol. The number of hydrogen-bond donors (Lipinski definition) is 2. The fourth-order valence-corrected chi connectivity index (χ4v) is 2.66. The molecule has 0 amide bonds. The van der Waals surface area contributed by atoms with Gasteiger partial charge in [-0.15, -0.1) is 24.0 Å². The average Bonchev–Trinajstić information content (AvgIpc) is 2.60. The lowest BCUT2D eigenvalue weighted by molar-refractivity contribution is 0.255. The topological polar surface area (TPSA) is 82.7 Å². The molecule has 3 N–H and O–H groups in total. The van der Waals surface area contributed by atoms with E-state index in [1.165, 1.54) is 0 Å². The van der Waals surface area contributed by atoms with Crippen molar-refractivity contribution in [1.82, 2.24) is 20.2 Å². The summed E-state index contributed by atoms with van der Waals surface area (Å²) in [6.45, 7) is 11.2. The standard InChI is InChI=1S/C17H31N7.HI/c1-15(2)5-9-20-16(18)19-8-4-10-23-11-13-24(14-12-23)17-21-6-3-7-22-17;/h3,6-7,15H,4-5,8-14H2,1-2H3,(H3,18,19,20);1H. The molecule has 8 heteroatoms. The maximum atomic E-state index is 5.87. The molecule has 0 saturated carbocycles. The van der Waals surface area contributed by atoms with E-state index >= 15 is 0 Å². The molecular formula is C17H32IN7. The van der Waals surface area contributed by atoms with E-state index in [2.05, 4.69) is 43.9 Å². The Morgan fingerprint density at radius 1 is 1.24 bits per heavy atom. The number of rotatable bonds is 8. The molecule has 0 aliphatic carbocycles. The van der Waals surface area contributed by atoms with Gasteiger partial charge in [0.1, 0.15) is 0 Å². The number of nitrogens with two attached hydrogens (primary N) is 1. The quantitative estimate of drug-likeness (QED) is 0.265. The Morgan fingerprint density at radius 2 is 1.92 bits per heavy atom. The van der Waals surface area contributed by atoms with Crippen molar-refractivity contribution in [2.24, 2.45) is 16.6 Å². The van der Waals surface area contributed by atoms with Crippen LogP contribution in [-0.2, 0) is 0 Å². The molecule has 142 valence electrons. The third-order valence-electron chi connectivity index (χ3n) is 4.15. The Balaban J connectivity index is 0.00000312. The van der Waals surface area contributed by atoms with E-state index in [9.17, 15) is 0 Å². The Morgan fingerprint density at radius 3 is 2.56 bits per heavy atom. The minimum atomic E-state index is 0. The molecule has 2 heterocycles. The average molecular weight is 461 g/mol. The largest absolute Gasteiger partial charge is 0.370 e. The van der Waals surface area contributed by atoms with Crippen LogP contribution in [0.15, 0.2) is 23.5 Å². The zero-order chi connectivity index (χ0) is 17.2. The normalized spacial score (nSPS) is 16.0. The molecule has 1 aliphatic rings. The van der Waals surface area contributed by atoms with Crippen LogP contribution in [-0.4, -0.2) is 66.6 Å². The first kappa shape index (κ1) is 21.9. The molecule has 1 saturated heterocycles. The summed E-state index contributed by atoms with van der Waals surface area (Å²) in [4.78, 5) is 17.7. The van der Waals surface area contributed by atoms with Gasteiger partial charge in [-0.3, -0.25) is 9.89 Å². The molecule has 1 fully saturated rings. The molecule has 1 aliphatic heterocycles. The number of piperazine rings is 1. The molecule has 0 bridgehead atoms. The van der Waals surface area contributed by atoms with Gasteiger partial charge in [0.15, 0.2) is 5.96 Å². The van der Waals surface area contributed by atoms with Gasteiger partial charge in [-0.2, -0.15) is 0 Å². The van der Waals surface area contributed by atoms with E-state index in [-0.39, 0.29) is 24.0 Å². The van der Waals surface area contributed by atoms with Crippen molar-refractivity contribution >= 4 is 35.9 Å². The van der Waals surface area contributed by atoms with Gasteiger partial charge in [0.2, 0.25) is 5.95 Å². The Labute approximate surface area is 168 Å². The summed E-state index contributed by atoms with van der Waals surface area (Å²) in [5.41, 5.74) is 5.87. The number of hydrogen-bond acceptors (Lipinski definition) is 5. The number of nitrogens with zero attached hydrogens (tertiary/aromatic N) is 5. The van der Waals surface area contributed by atoms with Crippen LogP contribution in [0.25, 0.3) is 0 Å². The van der Waals surface area contributed by atoms with Crippen LogP contribution in [0.2, 0.25) is 0 Å². The van der Waals surface area contributed by atoms with Crippen molar-refractivity contribution in [3.63, 3.8) is 0 Å². The highest BCUT2D eigenvalue weighted by Crippen LogP contribution is 2.09. The molecule has 2 rings (SSSR count). The summed E-state index contributed by atoms with van der Waals surface area (Å²) in [5, 5.41) is 3.17. The first-order chi connectivity index (χ1) is 11.6. The van der Waals surface area contributed by atoms with Crippen molar-refractivity contribution < 1.29 is 0 Å². The number of aromatic nitrogens is 2. The third kappa shape index (κ3) is 8.66. The lowest BCUT2D eigenvalue weighted by Crippen LogP contribution is -2.47. The van der Waals surface area contributed by atoms with Gasteiger partial charge in [0, 0.05) is 58.2 Å². The second-order valence-electron chi connectivity index (χ2n) is 6.61. The highest BCUT2D eigenvalue weighted by Gasteiger charge is 2.17. The van der Waals surface area contributed by atoms with Crippen LogP contribution >= 0.6 is 24.0 Å². The lowest BCUT2D eigenvalue weighted by Gasteiger charge is -2.34. The van der Waals surface area contributed by atoms with Gasteiger partial charge in [-0.1, -0.05) is 13.8 Å². The number of guanidine groups is 1. The highest BCUT2D eigenvalue weighted by molar-refractivity contribution is 14.0. The smallest absolute Gasteiger partial charge is 0.225 e. The summed E-state index contributed by atoms with van der Waals surface area (Å²) in [7, 11) is 0. The van der Waals surface area contributed by atoms with Crippen LogP contribution in [0.5, 0.6) is 0 Å². The fraction of sp³-hybridized carbons (Fsp3) is 0.706. The van der Waals surface area contributed by atoms with Crippen molar-refractivity contribution in [1.29, 1.82) is 0 Å². The molecule has 0 aromatic carbocycles. The van der Waals surface area contributed by atoms with Crippen LogP contribution in [0.1, 0.15) is 26.7 Å². The summed E-state index contributed by atoms with van der Waals surface area (Å²) in [5.74, 6) is 2.09. The molecule has 0 spiro atoms. The zero-order valence-corrected chi connectivity index (χ0v) is 17.7. The maximum absolute atomic E-state index is 5.87. The molecule has 0 unspecified atom stereocenters. The predicted octanol–water partition coefficient (Wildman–Crippen LogP) is 1.56. The van der Waals surface area contributed by atoms with Gasteiger partial charge in [-0.25, -0.2) is 9.97 Å². The van der Waals surface area contributed by atoms with E-state index in [0.29, 0.717) is 11.9 Å². The summed E-state index contributed by atoms with van der Waals surface area (Å²) in [6.07, 6.45) is 5.75. The number of anilines is 1. The van der Waals surface area contributed by atoms with Crippen LogP contribution in [0.3, 0.4) is 0 Å². The van der Waals surface area contributed by atoms with Gasteiger partial charge < -0.3 is 16.0 Å². The van der Waals surface area contributed by atoms with Gasteiger partial charge in [-0.05, 0) is 24.8 Å². The Kier molecular flexibility index (Phi) is 10.7. The van der Waals surface area contributed by atoms with Crippen molar-refractivity contribution in [3.8, 4) is 0 Å². The Hall–Kier alpha value is -1.16. The van der Waals surface area contributed by atoms with Gasteiger partial charge in [0.05, 0.1) is 0 Å². The minimum Gasteiger partial charge on any atom is -0.370 e. The van der Waals surface area contributed by atoms with E-state index in [1.807, 2.05) is 6.07 Å². The summed E-state index contributed by atoms with van der Waals surface area (Å²) < 4.78 is 0. The zero-order valence-electron chi connectivity index (χ0n) is 15.4. The van der Waals surface area contributed by atoms with E-state index in [4.69, 9.17) is 5.73 Å². The lowest BCUT2D eigenvalue weighted by atomic mass is 10.1. The summed E-state index contributed by atoms with van der Waals surface area (Å²) in [6, 6.07) is 1.85. The molecule has 25 heavy (non-hydrogen) atoms. The van der Waals surface area contributed by atoms with E-state index in [1.54, 1.807) is 12.4 Å². The van der Waals surface area contributed by atoms with Gasteiger partial charge >= 0.3 is 0 Å². The summed E-state index contributed by atoms with van der Waals surface area (Å²) >= 11 is 0. The predicted molar refractivity (Wildman–Crippen MR) is 115 cm³/mol. The molecule has 1 aromatic rings. The van der Waals surface area contributed by atoms with Crippen molar-refractivity contribution in [3.05, 3.63) is 18.5 Å². The number of nitrogens with one attached hydrogen (secondary N) is 1. The molecule has 0 radical (unpaired) electrons. The van der Waals surface area contributed by atoms with Crippen molar-refractivity contribution in [2.75, 3.05) is 50.7 Å². The fourth-order valence-electron chi connectivity index (χ4n) is 2.66. The maximum Gasteiger partial charge on any atom is 0.225 e. The molecular weight excluding hydrogens is 429 g/mol. The van der Waals surface area contributed by atoms with Crippen LogP contribution in [0.4, 0.5) is 5.95 Å². The molecule has 1 aromatic heterocycles. The first-order valence-electron chi connectivity index (χ1n) is 8.93. The van der Waals surface area contributed by atoms with E-state index < -0.39 is 0 Å². The van der Waals surface area contributed by atoms with Crippen LogP contribution < -0.4 is 16.0 Å². The van der Waals surface area contributed by atoms with E-state index in [0.717, 1.165) is 64.6 Å². The highest BCUT2D eigenvalue weighted by atomic mass is 127. The number of halogens is 1. The first-order valence-corrected chi connectivity index (χ1v) is 8.93. The Bertz CT molecular complexity index is 487. The van der Waals surface area contributed by atoms with Crippen molar-refractivity contribution in [2.45, 2.75) is 26.7 Å². The molecule has 0 atom stereocenters. The van der Waals surface area contributed by atoms with Crippen LogP contribution in [0, 0.1) is 5.92 Å².